The Hall–Kier alpha value is -1.25. The highest BCUT2D eigenvalue weighted by Crippen LogP contribution is 2.38. The molecule has 0 saturated carbocycles. The van der Waals surface area contributed by atoms with E-state index in [2.05, 4.69) is 26.0 Å². The van der Waals surface area contributed by atoms with Crippen molar-refractivity contribution in [2.75, 3.05) is 47.5 Å². The number of carbonyl (C=O) groups is 2. The topological polar surface area (TPSA) is 111 Å². The van der Waals surface area contributed by atoms with E-state index in [1.54, 1.807) is 0 Å². The quantitative estimate of drug-likeness (QED) is 0.0196. The van der Waals surface area contributed by atoms with Gasteiger partial charge in [-0.05, 0) is 38.5 Å². The molecule has 0 aromatic rings. The van der Waals surface area contributed by atoms with Gasteiger partial charge in [-0.15, -0.1) is 0 Å². The van der Waals surface area contributed by atoms with Crippen molar-refractivity contribution in [2.24, 2.45) is 0 Å². The summed E-state index contributed by atoms with van der Waals surface area (Å²) < 4.78 is 34.0. The van der Waals surface area contributed by atoms with E-state index >= 15 is 0 Å². The Morgan fingerprint density at radius 3 is 1.27 bits per heavy atom. The van der Waals surface area contributed by atoms with Crippen molar-refractivity contribution < 1.29 is 42.1 Å². The van der Waals surface area contributed by atoms with Gasteiger partial charge in [0.15, 0.2) is 6.10 Å². The Morgan fingerprint density at radius 2 is 0.864 bits per heavy atom. The number of likely N-dealkylation sites (N-methyl/N-ethyl adjacent to an activating group) is 1. The highest BCUT2D eigenvalue weighted by Gasteiger charge is 2.21. The van der Waals surface area contributed by atoms with Crippen molar-refractivity contribution in [3.05, 3.63) is 12.2 Å². The predicted octanol–water partition coefficient (Wildman–Crippen LogP) is 13.9. The summed E-state index contributed by atoms with van der Waals surface area (Å²) in [6, 6.07) is 0. The number of allylic oxidation sites excluding steroid dienone is 2. The van der Waals surface area contributed by atoms with Crippen LogP contribution in [0, 0.1) is 0 Å². The second kappa shape index (κ2) is 42.1. The Bertz CT molecular complexity index is 1020. The van der Waals surface area contributed by atoms with Crippen molar-refractivity contribution in [2.45, 2.75) is 245 Å². The summed E-state index contributed by atoms with van der Waals surface area (Å²) in [7, 11) is 1.18. The third-order valence-electron chi connectivity index (χ3n) is 11.0. The van der Waals surface area contributed by atoms with Gasteiger partial charge in [0, 0.05) is 12.8 Å². The van der Waals surface area contributed by atoms with Gasteiger partial charge >= 0.3 is 11.9 Å². The molecule has 0 spiro atoms. The van der Waals surface area contributed by atoms with Crippen LogP contribution in [-0.2, 0) is 32.7 Å². The largest absolute Gasteiger partial charge is 0.756 e. The molecule has 0 amide bonds. The van der Waals surface area contributed by atoms with Crippen LogP contribution >= 0.6 is 7.82 Å². The average Bonchev–Trinajstić information content (AvgIpc) is 3.19. The lowest BCUT2D eigenvalue weighted by Gasteiger charge is -2.28. The van der Waals surface area contributed by atoms with E-state index in [4.69, 9.17) is 18.5 Å². The van der Waals surface area contributed by atoms with E-state index in [1.807, 2.05) is 21.1 Å². The molecule has 59 heavy (non-hydrogen) atoms. The normalized spacial score (nSPS) is 13.5. The Labute approximate surface area is 365 Å². The summed E-state index contributed by atoms with van der Waals surface area (Å²) in [5.74, 6) is -0.826. The minimum atomic E-state index is -4.62. The van der Waals surface area contributed by atoms with Gasteiger partial charge in [-0.1, -0.05) is 199 Å². The monoisotopic (exact) mass is 858 g/mol. The minimum absolute atomic E-state index is 0.0283. The fraction of sp³-hybridized carbons (Fsp3) is 0.918. The zero-order valence-electron chi connectivity index (χ0n) is 39.5. The maximum Gasteiger partial charge on any atom is 0.306 e. The number of phosphoric acid groups is 1. The van der Waals surface area contributed by atoms with Crippen LogP contribution in [0.25, 0.3) is 0 Å². The third-order valence-corrected chi connectivity index (χ3v) is 12.0. The van der Waals surface area contributed by atoms with Gasteiger partial charge in [0.2, 0.25) is 0 Å². The van der Waals surface area contributed by atoms with E-state index in [1.165, 1.54) is 161 Å². The molecule has 0 saturated heterocycles. The molecule has 9 nitrogen and oxygen atoms in total. The number of ether oxygens (including phenoxy) is 2. The standard InChI is InChI=1S/C49H96NO8P/c1-6-8-10-12-14-16-18-20-22-23-24-25-26-28-29-31-33-35-37-39-41-48(51)55-45-47(46-57-59(53,54)56-44-43-50(3,4)5)58-49(52)42-40-38-36-34-32-30-27-21-19-17-15-13-11-9-7-2/h17,19,47H,6-16,18,20-46H2,1-5H3/b19-17+/t47-/m1/s1. The molecule has 0 aliphatic heterocycles. The smallest absolute Gasteiger partial charge is 0.306 e. The highest BCUT2D eigenvalue weighted by molar-refractivity contribution is 7.45. The van der Waals surface area contributed by atoms with Crippen molar-refractivity contribution in [3.63, 3.8) is 0 Å². The molecule has 0 heterocycles. The summed E-state index contributed by atoms with van der Waals surface area (Å²) in [6.45, 7) is 4.25. The molecule has 0 fully saturated rings. The molecule has 0 aliphatic carbocycles. The predicted molar refractivity (Wildman–Crippen MR) is 245 cm³/mol. The molecule has 0 rings (SSSR count). The van der Waals surface area contributed by atoms with E-state index in [-0.39, 0.29) is 32.0 Å². The van der Waals surface area contributed by atoms with Gasteiger partial charge in [-0.2, -0.15) is 0 Å². The lowest BCUT2D eigenvalue weighted by molar-refractivity contribution is -0.870. The number of hydrogen-bond donors (Lipinski definition) is 0. The number of quaternary nitrogens is 1. The maximum atomic E-state index is 12.7. The molecule has 0 aromatic carbocycles. The Morgan fingerprint density at radius 1 is 0.508 bits per heavy atom. The molecular weight excluding hydrogens is 762 g/mol. The lowest BCUT2D eigenvalue weighted by atomic mass is 10.0. The summed E-state index contributed by atoms with van der Waals surface area (Å²) in [6.07, 6.45) is 45.2. The van der Waals surface area contributed by atoms with E-state index < -0.39 is 26.5 Å². The van der Waals surface area contributed by atoms with Crippen LogP contribution in [0.1, 0.15) is 239 Å². The fourth-order valence-corrected chi connectivity index (χ4v) is 7.85. The maximum absolute atomic E-state index is 12.7. The first-order valence-corrected chi connectivity index (χ1v) is 26.4. The number of nitrogens with zero attached hydrogens (tertiary/aromatic N) is 1. The van der Waals surface area contributed by atoms with Gasteiger partial charge in [-0.25, -0.2) is 0 Å². The number of rotatable bonds is 46. The van der Waals surface area contributed by atoms with E-state index in [9.17, 15) is 19.0 Å². The SMILES string of the molecule is CCCCCC/C=C/CCCCCCCCCC(=O)O[C@H](COC(=O)CCCCCCCCCCCCCCCCCCCCCC)COP(=O)([O-])OCC[N+](C)(C)C. The van der Waals surface area contributed by atoms with Crippen molar-refractivity contribution in [1.29, 1.82) is 0 Å². The molecule has 10 heteroatoms. The summed E-state index contributed by atoms with van der Waals surface area (Å²) in [4.78, 5) is 37.6. The fourth-order valence-electron chi connectivity index (χ4n) is 7.12. The van der Waals surface area contributed by atoms with Crippen LogP contribution in [0.15, 0.2) is 12.2 Å². The molecular formula is C49H96NO8P. The summed E-state index contributed by atoms with van der Waals surface area (Å²) in [5.41, 5.74) is 0. The van der Waals surface area contributed by atoms with Gasteiger partial charge < -0.3 is 27.9 Å². The third kappa shape index (κ3) is 46.1. The zero-order chi connectivity index (χ0) is 43.6. The van der Waals surface area contributed by atoms with Crippen LogP contribution in [0.4, 0.5) is 0 Å². The second-order valence-electron chi connectivity index (χ2n) is 18.2. The lowest BCUT2D eigenvalue weighted by Crippen LogP contribution is -2.37. The van der Waals surface area contributed by atoms with Gasteiger partial charge in [0.25, 0.3) is 7.82 Å². The van der Waals surface area contributed by atoms with Crippen molar-refractivity contribution in [3.8, 4) is 0 Å². The van der Waals surface area contributed by atoms with Crippen LogP contribution in [-0.4, -0.2) is 70.0 Å². The Balaban J connectivity index is 4.22. The van der Waals surface area contributed by atoms with Crippen LogP contribution in [0.5, 0.6) is 0 Å². The number of esters is 2. The highest BCUT2D eigenvalue weighted by atomic mass is 31.2. The molecule has 0 bridgehead atoms. The Kier molecular flexibility index (Phi) is 41.2. The minimum Gasteiger partial charge on any atom is -0.756 e. The molecule has 0 aromatic heterocycles. The van der Waals surface area contributed by atoms with Crippen LogP contribution in [0.3, 0.4) is 0 Å². The van der Waals surface area contributed by atoms with Gasteiger partial charge in [0.05, 0.1) is 27.7 Å². The molecule has 2 atom stereocenters. The second-order valence-corrected chi connectivity index (χ2v) is 19.6. The summed E-state index contributed by atoms with van der Waals surface area (Å²) in [5, 5.41) is 0. The van der Waals surface area contributed by atoms with E-state index in [0.717, 1.165) is 44.9 Å². The first kappa shape index (κ1) is 57.8. The molecule has 0 aliphatic rings. The molecule has 1 unspecified atom stereocenters. The first-order valence-electron chi connectivity index (χ1n) is 24.9. The molecule has 0 radical (unpaired) electrons. The number of phosphoric ester groups is 1. The number of hydrogen-bond acceptors (Lipinski definition) is 8. The molecule has 0 N–H and O–H groups in total. The average molecular weight is 858 g/mol. The van der Waals surface area contributed by atoms with Crippen molar-refractivity contribution >= 4 is 19.8 Å². The number of unbranched alkanes of at least 4 members (excludes halogenated alkanes) is 30. The first-order chi connectivity index (χ1) is 28.5. The van der Waals surface area contributed by atoms with Crippen LogP contribution in [0.2, 0.25) is 0 Å². The zero-order valence-corrected chi connectivity index (χ0v) is 40.4. The number of carbonyl (C=O) groups excluding carboxylic acids is 2. The molecule has 350 valence electrons. The summed E-state index contributed by atoms with van der Waals surface area (Å²) >= 11 is 0. The van der Waals surface area contributed by atoms with Crippen LogP contribution < -0.4 is 4.89 Å². The van der Waals surface area contributed by atoms with Crippen molar-refractivity contribution in [1.82, 2.24) is 0 Å². The van der Waals surface area contributed by atoms with Gasteiger partial charge in [-0.3, -0.25) is 14.2 Å². The van der Waals surface area contributed by atoms with E-state index in [0.29, 0.717) is 17.4 Å². The van der Waals surface area contributed by atoms with Gasteiger partial charge in [0.1, 0.15) is 19.8 Å².